The van der Waals surface area contributed by atoms with E-state index in [1.807, 2.05) is 12.1 Å². The van der Waals surface area contributed by atoms with Crippen LogP contribution >= 0.6 is 0 Å². The molecule has 26 heavy (non-hydrogen) atoms. The van der Waals surface area contributed by atoms with Crippen molar-refractivity contribution in [1.29, 1.82) is 0 Å². The Morgan fingerprint density at radius 1 is 1.27 bits per heavy atom. The third kappa shape index (κ3) is 6.19. The summed E-state index contributed by atoms with van der Waals surface area (Å²) in [5.41, 5.74) is 4.65. The molecule has 0 aliphatic carbocycles. The molecule has 1 aliphatic heterocycles. The molecule has 1 aromatic carbocycles. The van der Waals surface area contributed by atoms with E-state index in [0.717, 1.165) is 37.3 Å². The molecule has 2 heterocycles. The van der Waals surface area contributed by atoms with Crippen LogP contribution in [0.25, 0.3) is 11.3 Å². The molecule has 0 atom stereocenters. The van der Waals surface area contributed by atoms with Crippen molar-refractivity contribution in [2.75, 3.05) is 12.8 Å². The molecule has 0 amide bonds. The quantitative estimate of drug-likeness (QED) is 0.612. The van der Waals surface area contributed by atoms with Gasteiger partial charge in [0.2, 0.25) is 0 Å². The Labute approximate surface area is 154 Å². The normalized spacial score (nSPS) is 13.7. The summed E-state index contributed by atoms with van der Waals surface area (Å²) in [6.45, 7) is 5.06. The molecule has 2 N–H and O–H groups in total. The molecule has 0 saturated heterocycles. The van der Waals surface area contributed by atoms with Crippen molar-refractivity contribution < 1.29 is 17.4 Å². The summed E-state index contributed by atoms with van der Waals surface area (Å²) in [5, 5.41) is 8.23. The van der Waals surface area contributed by atoms with Crippen molar-refractivity contribution in [1.82, 2.24) is 15.1 Å². The molecule has 0 spiro atoms. The molecule has 8 heteroatoms. The summed E-state index contributed by atoms with van der Waals surface area (Å²) in [7, 11) is -3.67. The van der Waals surface area contributed by atoms with E-state index in [0.29, 0.717) is 6.26 Å². The van der Waals surface area contributed by atoms with Crippen molar-refractivity contribution in [2.45, 2.75) is 45.7 Å². The Hall–Kier alpha value is -1.77. The predicted octanol–water partition coefficient (Wildman–Crippen LogP) is 3.03. The first kappa shape index (κ1) is 20.5. The summed E-state index contributed by atoms with van der Waals surface area (Å²) in [4.78, 5) is 0. The fraction of sp³-hybridized carbons (Fsp3) is 0.500. The van der Waals surface area contributed by atoms with E-state index < -0.39 is 10.1 Å². The van der Waals surface area contributed by atoms with Crippen LogP contribution in [0.5, 0.6) is 0 Å². The topological polar surface area (TPSA) is 84.2 Å². The molecule has 1 aromatic heterocycles. The number of rotatable bonds is 5. The molecule has 0 unspecified atom stereocenters. The summed E-state index contributed by atoms with van der Waals surface area (Å²) in [5.74, 6) is -0.201. The van der Waals surface area contributed by atoms with Crippen molar-refractivity contribution in [3.8, 4) is 11.3 Å². The van der Waals surface area contributed by atoms with E-state index in [1.54, 1.807) is 0 Å². The van der Waals surface area contributed by atoms with Gasteiger partial charge in [-0.05, 0) is 30.7 Å². The standard InChI is InChI=1S/C17H22FN3.CH4O3S/c1-2-3-4-11-21-16-9-10-19-12-15(16)17(20-21)13-5-7-14(18)8-6-13;1-5(2,3)4/h5-8,19H,2-4,9-12H2,1H3;1H3,(H,2,3,4). The number of nitrogens with one attached hydrogen (secondary N) is 1. The van der Waals surface area contributed by atoms with Crippen LogP contribution < -0.4 is 5.32 Å². The third-order valence-corrected chi connectivity index (χ3v) is 4.10. The lowest BCUT2D eigenvalue weighted by Gasteiger charge is -2.15. The Balaban J connectivity index is 0.000000431. The van der Waals surface area contributed by atoms with Gasteiger partial charge < -0.3 is 5.32 Å². The third-order valence-electron chi connectivity index (χ3n) is 4.10. The zero-order valence-electron chi connectivity index (χ0n) is 15.2. The molecule has 2 aromatic rings. The first-order chi connectivity index (χ1) is 12.3. The van der Waals surface area contributed by atoms with E-state index in [-0.39, 0.29) is 5.82 Å². The second-order valence-corrected chi connectivity index (χ2v) is 7.84. The number of unbranched alkanes of at least 4 members (excludes halogenated alkanes) is 2. The lowest BCUT2D eigenvalue weighted by Crippen LogP contribution is -2.25. The zero-order valence-corrected chi connectivity index (χ0v) is 16.0. The minimum absolute atomic E-state index is 0.201. The maximum atomic E-state index is 13.1. The second kappa shape index (κ2) is 9.25. The van der Waals surface area contributed by atoms with Crippen molar-refractivity contribution in [2.24, 2.45) is 0 Å². The molecule has 6 nitrogen and oxygen atoms in total. The molecule has 144 valence electrons. The smallest absolute Gasteiger partial charge is 0.261 e. The van der Waals surface area contributed by atoms with Gasteiger partial charge in [-0.1, -0.05) is 19.8 Å². The van der Waals surface area contributed by atoms with E-state index >= 15 is 0 Å². The van der Waals surface area contributed by atoms with Gasteiger partial charge in [0.15, 0.2) is 0 Å². The number of nitrogens with zero attached hydrogens (tertiary/aromatic N) is 2. The molecule has 0 fully saturated rings. The zero-order chi connectivity index (χ0) is 19.2. The minimum atomic E-state index is -3.67. The molecule has 0 bridgehead atoms. The summed E-state index contributed by atoms with van der Waals surface area (Å²) in [6.07, 6.45) is 5.36. The molecular weight excluding hydrogens is 357 g/mol. The van der Waals surface area contributed by atoms with Gasteiger partial charge in [-0.25, -0.2) is 4.39 Å². The summed E-state index contributed by atoms with van der Waals surface area (Å²) in [6, 6.07) is 6.66. The van der Waals surface area contributed by atoms with Gasteiger partial charge in [-0.3, -0.25) is 9.23 Å². The van der Waals surface area contributed by atoms with E-state index in [9.17, 15) is 12.8 Å². The lowest BCUT2D eigenvalue weighted by atomic mass is 10.0. The van der Waals surface area contributed by atoms with Gasteiger partial charge in [-0.2, -0.15) is 13.5 Å². The van der Waals surface area contributed by atoms with E-state index in [1.165, 1.54) is 42.7 Å². The number of halogens is 1. The van der Waals surface area contributed by atoms with Crippen LogP contribution in [0.15, 0.2) is 24.3 Å². The van der Waals surface area contributed by atoms with Gasteiger partial charge in [0.05, 0.1) is 11.9 Å². The number of hydrogen-bond donors (Lipinski definition) is 2. The van der Waals surface area contributed by atoms with Crippen molar-refractivity contribution in [3.63, 3.8) is 0 Å². The lowest BCUT2D eigenvalue weighted by molar-refractivity contribution is 0.490. The van der Waals surface area contributed by atoms with Gasteiger partial charge in [0.1, 0.15) is 5.82 Å². The van der Waals surface area contributed by atoms with E-state index in [4.69, 9.17) is 9.65 Å². The van der Waals surface area contributed by atoms with E-state index in [2.05, 4.69) is 16.9 Å². The Kier molecular flexibility index (Phi) is 7.31. The number of aromatic nitrogens is 2. The highest BCUT2D eigenvalue weighted by Crippen LogP contribution is 2.28. The maximum Gasteiger partial charge on any atom is 0.261 e. The number of fused-ring (bicyclic) bond motifs is 1. The van der Waals surface area contributed by atoms with Crippen LogP contribution in [0.1, 0.15) is 37.4 Å². The first-order valence-corrected chi connectivity index (χ1v) is 10.6. The Bertz CT molecular complexity index is 809. The Morgan fingerprint density at radius 2 is 1.92 bits per heavy atom. The van der Waals surface area contributed by atoms with Crippen LogP contribution in [-0.4, -0.2) is 35.6 Å². The molecule has 0 saturated carbocycles. The van der Waals surface area contributed by atoms with Gasteiger partial charge in [0.25, 0.3) is 10.1 Å². The van der Waals surface area contributed by atoms with Crippen LogP contribution in [0.3, 0.4) is 0 Å². The monoisotopic (exact) mass is 383 g/mol. The predicted molar refractivity (Wildman–Crippen MR) is 100 cm³/mol. The fourth-order valence-electron chi connectivity index (χ4n) is 2.96. The second-order valence-electron chi connectivity index (χ2n) is 6.37. The molecular formula is C18H26FN3O3S. The average Bonchev–Trinajstić information content (AvgIpc) is 2.94. The largest absolute Gasteiger partial charge is 0.312 e. The first-order valence-electron chi connectivity index (χ1n) is 8.77. The van der Waals surface area contributed by atoms with Crippen molar-refractivity contribution >= 4 is 10.1 Å². The summed E-state index contributed by atoms with van der Waals surface area (Å²) < 4.78 is 41.2. The number of hydrogen-bond acceptors (Lipinski definition) is 4. The van der Waals surface area contributed by atoms with Crippen LogP contribution in [-0.2, 0) is 29.6 Å². The highest BCUT2D eigenvalue weighted by molar-refractivity contribution is 7.85. The molecule has 3 rings (SSSR count). The van der Waals surface area contributed by atoms with Gasteiger partial charge in [0, 0.05) is 42.9 Å². The molecule has 0 radical (unpaired) electrons. The van der Waals surface area contributed by atoms with Gasteiger partial charge in [-0.15, -0.1) is 0 Å². The highest BCUT2D eigenvalue weighted by Gasteiger charge is 2.21. The average molecular weight is 383 g/mol. The Morgan fingerprint density at radius 3 is 2.54 bits per heavy atom. The van der Waals surface area contributed by atoms with Crippen molar-refractivity contribution in [3.05, 3.63) is 41.3 Å². The number of aryl methyl sites for hydroxylation is 1. The van der Waals surface area contributed by atoms with Gasteiger partial charge >= 0.3 is 0 Å². The summed E-state index contributed by atoms with van der Waals surface area (Å²) >= 11 is 0. The fourth-order valence-corrected chi connectivity index (χ4v) is 2.96. The number of benzene rings is 1. The van der Waals surface area contributed by atoms with Crippen LogP contribution in [0, 0.1) is 5.82 Å². The maximum absolute atomic E-state index is 13.1. The highest BCUT2D eigenvalue weighted by atomic mass is 32.2. The van der Waals surface area contributed by atoms with Crippen LogP contribution in [0.4, 0.5) is 4.39 Å². The van der Waals surface area contributed by atoms with Crippen LogP contribution in [0.2, 0.25) is 0 Å². The molecule has 1 aliphatic rings. The minimum Gasteiger partial charge on any atom is -0.312 e. The SMILES string of the molecule is CCCCCn1nc(-c2ccc(F)cc2)c2c1CCNC2.CS(=O)(=O)O.